The molecule has 1 aliphatic carbocycles. The number of ether oxygens (including phenoxy) is 2. The first-order valence-electron chi connectivity index (χ1n) is 16.0. The maximum Gasteiger partial charge on any atom is 0.309 e. The topological polar surface area (TPSA) is 52.6 Å². The Balaban J connectivity index is 2.07. The molecule has 1 rings (SSSR count). The molecule has 0 spiro atoms. The normalized spacial score (nSPS) is 17.7. The van der Waals surface area contributed by atoms with Crippen LogP contribution in [-0.4, -0.2) is 25.2 Å². The minimum Gasteiger partial charge on any atom is -0.465 e. The zero-order chi connectivity index (χ0) is 26.1. The van der Waals surface area contributed by atoms with Gasteiger partial charge in [-0.1, -0.05) is 142 Å². The summed E-state index contributed by atoms with van der Waals surface area (Å²) in [6.07, 6.45) is 28.9. The third kappa shape index (κ3) is 17.4. The number of hydrogen-bond acceptors (Lipinski definition) is 4. The molecule has 0 amide bonds. The standard InChI is InChI=1S/C32H60O4/c1-3-5-7-9-11-13-14-15-16-18-20-24-28-36-32(34)30-26-22-21-25-29(30)31(33)35-27-23-19-17-12-10-8-6-4-2/h29-30H,3-28H2,1-2H3. The molecule has 0 aliphatic heterocycles. The highest BCUT2D eigenvalue weighted by atomic mass is 16.5. The average molecular weight is 509 g/mol. The quantitative estimate of drug-likeness (QED) is 0.0961. The minimum atomic E-state index is -0.304. The Bertz CT molecular complexity index is 518. The lowest BCUT2D eigenvalue weighted by Gasteiger charge is -2.28. The fourth-order valence-corrected chi connectivity index (χ4v) is 5.43. The van der Waals surface area contributed by atoms with Gasteiger partial charge in [0.2, 0.25) is 0 Å². The molecule has 0 aromatic heterocycles. The van der Waals surface area contributed by atoms with Gasteiger partial charge >= 0.3 is 11.9 Å². The van der Waals surface area contributed by atoms with E-state index in [2.05, 4.69) is 13.8 Å². The van der Waals surface area contributed by atoms with Crippen molar-refractivity contribution in [1.82, 2.24) is 0 Å². The molecule has 4 heteroatoms. The molecular weight excluding hydrogens is 448 g/mol. The zero-order valence-corrected chi connectivity index (χ0v) is 24.2. The number of carbonyl (C=O) groups is 2. The molecule has 1 saturated carbocycles. The molecular formula is C32H60O4. The van der Waals surface area contributed by atoms with Crippen molar-refractivity contribution in [3.8, 4) is 0 Å². The Morgan fingerprint density at radius 3 is 1.06 bits per heavy atom. The fraction of sp³-hybridized carbons (Fsp3) is 0.938. The van der Waals surface area contributed by atoms with E-state index in [1.54, 1.807) is 0 Å². The molecule has 212 valence electrons. The van der Waals surface area contributed by atoms with E-state index < -0.39 is 0 Å². The summed E-state index contributed by atoms with van der Waals surface area (Å²) in [6, 6.07) is 0. The maximum absolute atomic E-state index is 12.7. The van der Waals surface area contributed by atoms with Gasteiger partial charge in [-0.25, -0.2) is 0 Å². The smallest absolute Gasteiger partial charge is 0.309 e. The summed E-state index contributed by atoms with van der Waals surface area (Å²) in [4.78, 5) is 25.4. The van der Waals surface area contributed by atoms with Gasteiger partial charge in [0.25, 0.3) is 0 Å². The predicted molar refractivity (Wildman–Crippen MR) is 151 cm³/mol. The van der Waals surface area contributed by atoms with E-state index >= 15 is 0 Å². The molecule has 4 nitrogen and oxygen atoms in total. The van der Waals surface area contributed by atoms with Crippen LogP contribution in [-0.2, 0) is 19.1 Å². The van der Waals surface area contributed by atoms with Gasteiger partial charge in [0.05, 0.1) is 25.0 Å². The molecule has 0 saturated heterocycles. The Kier molecular flexibility index (Phi) is 22.2. The lowest BCUT2D eigenvalue weighted by Crippen LogP contribution is -2.35. The molecule has 2 atom stereocenters. The largest absolute Gasteiger partial charge is 0.465 e. The van der Waals surface area contributed by atoms with Crippen LogP contribution in [0, 0.1) is 11.8 Å². The molecule has 0 aromatic carbocycles. The van der Waals surface area contributed by atoms with E-state index in [0.717, 1.165) is 51.4 Å². The highest BCUT2D eigenvalue weighted by Gasteiger charge is 2.37. The monoisotopic (exact) mass is 508 g/mol. The molecule has 0 N–H and O–H groups in total. The molecule has 36 heavy (non-hydrogen) atoms. The van der Waals surface area contributed by atoms with Crippen LogP contribution in [0.4, 0.5) is 0 Å². The third-order valence-electron chi connectivity index (χ3n) is 7.86. The summed E-state index contributed by atoms with van der Waals surface area (Å²) >= 11 is 0. The first kappa shape index (κ1) is 33.0. The van der Waals surface area contributed by atoms with Gasteiger partial charge in [-0.15, -0.1) is 0 Å². The van der Waals surface area contributed by atoms with Gasteiger partial charge in [-0.05, 0) is 25.7 Å². The van der Waals surface area contributed by atoms with Crippen molar-refractivity contribution in [2.24, 2.45) is 11.8 Å². The first-order valence-corrected chi connectivity index (χ1v) is 16.0. The highest BCUT2D eigenvalue weighted by Crippen LogP contribution is 2.32. The maximum atomic E-state index is 12.7. The third-order valence-corrected chi connectivity index (χ3v) is 7.86. The van der Waals surface area contributed by atoms with Crippen LogP contribution >= 0.6 is 0 Å². The SMILES string of the molecule is CCCCCCCCCCCCCCOC(=O)C1CCCCC1C(=O)OCCCCCCCCCC. The Labute approximate surface area is 224 Å². The van der Waals surface area contributed by atoms with E-state index in [0.29, 0.717) is 13.2 Å². The number of rotatable bonds is 24. The summed E-state index contributed by atoms with van der Waals surface area (Å²) < 4.78 is 11.2. The van der Waals surface area contributed by atoms with Crippen molar-refractivity contribution in [2.45, 2.75) is 168 Å². The van der Waals surface area contributed by atoms with E-state index in [4.69, 9.17) is 9.47 Å². The Hall–Kier alpha value is -1.06. The lowest BCUT2D eigenvalue weighted by molar-refractivity contribution is -0.163. The summed E-state index contributed by atoms with van der Waals surface area (Å²) in [5.41, 5.74) is 0. The summed E-state index contributed by atoms with van der Waals surface area (Å²) in [6.45, 7) is 5.49. The zero-order valence-electron chi connectivity index (χ0n) is 24.2. The van der Waals surface area contributed by atoms with E-state index in [1.807, 2.05) is 0 Å². The minimum absolute atomic E-state index is 0.174. The second-order valence-electron chi connectivity index (χ2n) is 11.2. The van der Waals surface area contributed by atoms with Gasteiger partial charge in [0, 0.05) is 0 Å². The van der Waals surface area contributed by atoms with E-state index in [-0.39, 0.29) is 23.8 Å². The number of unbranched alkanes of at least 4 members (excludes halogenated alkanes) is 18. The summed E-state index contributed by atoms with van der Waals surface area (Å²) in [5.74, 6) is -0.957. The van der Waals surface area contributed by atoms with Crippen LogP contribution in [0.3, 0.4) is 0 Å². The molecule has 2 unspecified atom stereocenters. The van der Waals surface area contributed by atoms with Gasteiger partial charge in [-0.3, -0.25) is 9.59 Å². The van der Waals surface area contributed by atoms with Gasteiger partial charge in [-0.2, -0.15) is 0 Å². The molecule has 1 fully saturated rings. The van der Waals surface area contributed by atoms with Crippen molar-refractivity contribution in [2.75, 3.05) is 13.2 Å². The van der Waals surface area contributed by atoms with Gasteiger partial charge in [0.1, 0.15) is 0 Å². The molecule has 0 radical (unpaired) electrons. The summed E-state index contributed by atoms with van der Waals surface area (Å²) in [5, 5.41) is 0. The van der Waals surface area contributed by atoms with E-state index in [9.17, 15) is 9.59 Å². The van der Waals surface area contributed by atoms with Crippen LogP contribution in [0.2, 0.25) is 0 Å². The van der Waals surface area contributed by atoms with Crippen molar-refractivity contribution >= 4 is 11.9 Å². The van der Waals surface area contributed by atoms with Crippen LogP contribution in [0.5, 0.6) is 0 Å². The molecule has 0 heterocycles. The predicted octanol–water partition coefficient (Wildman–Crippen LogP) is 9.72. The molecule has 0 aromatic rings. The second kappa shape index (κ2) is 24.3. The highest BCUT2D eigenvalue weighted by molar-refractivity contribution is 5.82. The molecule has 0 bridgehead atoms. The lowest BCUT2D eigenvalue weighted by atomic mass is 9.79. The van der Waals surface area contributed by atoms with Gasteiger partial charge < -0.3 is 9.47 Å². The van der Waals surface area contributed by atoms with Crippen LogP contribution in [0.1, 0.15) is 168 Å². The number of carbonyl (C=O) groups excluding carboxylic acids is 2. The van der Waals surface area contributed by atoms with Crippen LogP contribution in [0.15, 0.2) is 0 Å². The Morgan fingerprint density at radius 2 is 0.750 bits per heavy atom. The Morgan fingerprint density at radius 1 is 0.472 bits per heavy atom. The van der Waals surface area contributed by atoms with Crippen molar-refractivity contribution in [3.63, 3.8) is 0 Å². The molecule has 1 aliphatic rings. The fourth-order valence-electron chi connectivity index (χ4n) is 5.43. The van der Waals surface area contributed by atoms with Crippen molar-refractivity contribution in [1.29, 1.82) is 0 Å². The first-order chi connectivity index (χ1) is 17.7. The number of hydrogen-bond donors (Lipinski definition) is 0. The van der Waals surface area contributed by atoms with Gasteiger partial charge in [0.15, 0.2) is 0 Å². The van der Waals surface area contributed by atoms with Crippen molar-refractivity contribution < 1.29 is 19.1 Å². The van der Waals surface area contributed by atoms with Crippen LogP contribution < -0.4 is 0 Å². The van der Waals surface area contributed by atoms with E-state index in [1.165, 1.54) is 103 Å². The number of esters is 2. The van der Waals surface area contributed by atoms with Crippen LogP contribution in [0.25, 0.3) is 0 Å². The second-order valence-corrected chi connectivity index (χ2v) is 11.2. The average Bonchev–Trinajstić information content (AvgIpc) is 2.90. The summed E-state index contributed by atoms with van der Waals surface area (Å²) in [7, 11) is 0. The van der Waals surface area contributed by atoms with Crippen molar-refractivity contribution in [3.05, 3.63) is 0 Å².